The van der Waals surface area contributed by atoms with Gasteiger partial charge in [-0.25, -0.2) is 13.4 Å². The van der Waals surface area contributed by atoms with E-state index in [9.17, 15) is 8.42 Å². The van der Waals surface area contributed by atoms with E-state index in [-0.39, 0.29) is 6.54 Å². The summed E-state index contributed by atoms with van der Waals surface area (Å²) in [6, 6.07) is 1.81. The van der Waals surface area contributed by atoms with Crippen LogP contribution in [0.1, 0.15) is 11.1 Å². The summed E-state index contributed by atoms with van der Waals surface area (Å²) < 4.78 is 23.9. The Kier molecular flexibility index (Phi) is 3.31. The predicted octanol–water partition coefficient (Wildman–Crippen LogP) is 0.245. The SMILES string of the molecule is Cc1ccnc(N(C)S(C)(=O)=O)c1CN. The first-order valence-electron chi connectivity index (χ1n) is 4.46. The molecule has 6 heteroatoms. The minimum Gasteiger partial charge on any atom is -0.326 e. The molecule has 15 heavy (non-hydrogen) atoms. The van der Waals surface area contributed by atoms with Crippen LogP contribution in [-0.2, 0) is 16.6 Å². The zero-order chi connectivity index (χ0) is 11.6. The minimum atomic E-state index is -3.29. The molecule has 0 aliphatic heterocycles. The van der Waals surface area contributed by atoms with Gasteiger partial charge in [0.15, 0.2) is 0 Å². The molecule has 0 spiro atoms. The van der Waals surface area contributed by atoms with Crippen molar-refractivity contribution < 1.29 is 8.42 Å². The summed E-state index contributed by atoms with van der Waals surface area (Å²) >= 11 is 0. The summed E-state index contributed by atoms with van der Waals surface area (Å²) in [5, 5.41) is 0. The molecule has 0 saturated carbocycles. The first-order valence-corrected chi connectivity index (χ1v) is 6.31. The molecule has 0 atom stereocenters. The predicted molar refractivity (Wildman–Crippen MR) is 60.1 cm³/mol. The number of aromatic nitrogens is 1. The van der Waals surface area contributed by atoms with Crippen LogP contribution in [0.5, 0.6) is 0 Å². The van der Waals surface area contributed by atoms with E-state index >= 15 is 0 Å². The maximum Gasteiger partial charge on any atom is 0.233 e. The number of sulfonamides is 1. The lowest BCUT2D eigenvalue weighted by atomic mass is 10.1. The summed E-state index contributed by atoms with van der Waals surface area (Å²) in [5.41, 5.74) is 7.27. The van der Waals surface area contributed by atoms with Crippen LogP contribution < -0.4 is 10.0 Å². The van der Waals surface area contributed by atoms with Crippen LogP contribution >= 0.6 is 0 Å². The molecular weight excluding hydrogens is 214 g/mol. The maximum absolute atomic E-state index is 11.4. The molecule has 0 aliphatic rings. The lowest BCUT2D eigenvalue weighted by Crippen LogP contribution is -2.27. The number of nitrogens with two attached hydrogens (primary N) is 1. The van der Waals surface area contributed by atoms with Gasteiger partial charge in [-0.15, -0.1) is 0 Å². The van der Waals surface area contributed by atoms with E-state index in [2.05, 4.69) is 4.98 Å². The summed E-state index contributed by atoms with van der Waals surface area (Å²) in [5.74, 6) is 0.403. The fraction of sp³-hybridized carbons (Fsp3) is 0.444. The zero-order valence-electron chi connectivity index (χ0n) is 9.06. The monoisotopic (exact) mass is 229 g/mol. The number of rotatable bonds is 3. The third-order valence-corrected chi connectivity index (χ3v) is 3.44. The van der Waals surface area contributed by atoms with E-state index in [1.54, 1.807) is 6.20 Å². The van der Waals surface area contributed by atoms with Crippen molar-refractivity contribution in [2.24, 2.45) is 5.73 Å². The molecule has 84 valence electrons. The quantitative estimate of drug-likeness (QED) is 0.805. The smallest absolute Gasteiger partial charge is 0.233 e. The molecule has 1 aromatic rings. The Bertz CT molecular complexity index is 456. The van der Waals surface area contributed by atoms with Crippen molar-refractivity contribution in [2.75, 3.05) is 17.6 Å². The summed E-state index contributed by atoms with van der Waals surface area (Å²) in [7, 11) is -1.82. The number of aryl methyl sites for hydroxylation is 1. The Morgan fingerprint density at radius 3 is 2.60 bits per heavy atom. The molecule has 1 aromatic heterocycles. The summed E-state index contributed by atoms with van der Waals surface area (Å²) in [6.45, 7) is 2.15. The molecule has 0 aliphatic carbocycles. The number of hydrogen-bond acceptors (Lipinski definition) is 4. The fourth-order valence-corrected chi connectivity index (χ4v) is 1.73. The second-order valence-corrected chi connectivity index (χ2v) is 5.38. The summed E-state index contributed by atoms with van der Waals surface area (Å²) in [4.78, 5) is 4.04. The van der Waals surface area contributed by atoms with E-state index < -0.39 is 10.0 Å². The number of nitrogens with zero attached hydrogens (tertiary/aromatic N) is 2. The molecule has 0 radical (unpaired) electrons. The van der Waals surface area contributed by atoms with Crippen molar-refractivity contribution in [3.05, 3.63) is 23.4 Å². The first-order chi connectivity index (χ1) is 6.88. The standard InChI is InChI=1S/C9H15N3O2S/c1-7-4-5-11-9(8(7)6-10)12(2)15(3,13)14/h4-5H,6,10H2,1-3H3. The van der Waals surface area contributed by atoms with Gasteiger partial charge in [0.05, 0.1) is 6.26 Å². The van der Waals surface area contributed by atoms with Crippen molar-refractivity contribution in [3.8, 4) is 0 Å². The first kappa shape index (κ1) is 11.9. The number of pyridine rings is 1. The van der Waals surface area contributed by atoms with Crippen LogP contribution in [0.4, 0.5) is 5.82 Å². The van der Waals surface area contributed by atoms with Gasteiger partial charge in [-0.1, -0.05) is 0 Å². The molecule has 0 aromatic carbocycles. The van der Waals surface area contributed by atoms with E-state index in [1.807, 2.05) is 13.0 Å². The lowest BCUT2D eigenvalue weighted by Gasteiger charge is -2.19. The van der Waals surface area contributed by atoms with Gasteiger partial charge in [0, 0.05) is 25.4 Å². The molecule has 0 amide bonds. The van der Waals surface area contributed by atoms with E-state index in [0.717, 1.165) is 21.7 Å². The molecule has 0 bridgehead atoms. The van der Waals surface area contributed by atoms with Crippen LogP contribution in [0.15, 0.2) is 12.3 Å². The van der Waals surface area contributed by atoms with Crippen LogP contribution in [0.25, 0.3) is 0 Å². The molecule has 0 fully saturated rings. The molecule has 2 N–H and O–H groups in total. The van der Waals surface area contributed by atoms with Crippen LogP contribution in [0, 0.1) is 6.92 Å². The maximum atomic E-state index is 11.4. The second-order valence-electron chi connectivity index (χ2n) is 3.36. The van der Waals surface area contributed by atoms with Gasteiger partial charge < -0.3 is 5.73 Å². The Hall–Kier alpha value is -1.14. The average molecular weight is 229 g/mol. The molecule has 5 nitrogen and oxygen atoms in total. The normalized spacial score (nSPS) is 11.5. The Morgan fingerprint density at radius 1 is 1.53 bits per heavy atom. The highest BCUT2D eigenvalue weighted by molar-refractivity contribution is 7.92. The Morgan fingerprint density at radius 2 is 2.13 bits per heavy atom. The Balaban J connectivity index is 3.32. The highest BCUT2D eigenvalue weighted by atomic mass is 32.2. The van der Waals surface area contributed by atoms with Gasteiger partial charge in [-0.05, 0) is 18.6 Å². The van der Waals surface area contributed by atoms with Crippen LogP contribution in [0.3, 0.4) is 0 Å². The van der Waals surface area contributed by atoms with Crippen LogP contribution in [-0.4, -0.2) is 26.7 Å². The Labute approximate surface area is 90.0 Å². The molecular formula is C9H15N3O2S. The zero-order valence-corrected chi connectivity index (χ0v) is 9.87. The molecule has 1 rings (SSSR count). The van der Waals surface area contributed by atoms with E-state index in [1.165, 1.54) is 7.05 Å². The van der Waals surface area contributed by atoms with E-state index in [4.69, 9.17) is 5.73 Å². The highest BCUT2D eigenvalue weighted by Gasteiger charge is 2.17. The van der Waals surface area contributed by atoms with Gasteiger partial charge in [0.25, 0.3) is 0 Å². The third-order valence-electron chi connectivity index (χ3n) is 2.27. The van der Waals surface area contributed by atoms with Crippen molar-refractivity contribution in [2.45, 2.75) is 13.5 Å². The second kappa shape index (κ2) is 4.16. The fourth-order valence-electron chi connectivity index (χ4n) is 1.26. The minimum absolute atomic E-state index is 0.273. The molecule has 1 heterocycles. The van der Waals surface area contributed by atoms with Crippen molar-refractivity contribution >= 4 is 15.8 Å². The topological polar surface area (TPSA) is 76.3 Å². The highest BCUT2D eigenvalue weighted by Crippen LogP contribution is 2.20. The van der Waals surface area contributed by atoms with Gasteiger partial charge in [0.2, 0.25) is 10.0 Å². The molecule has 0 saturated heterocycles. The largest absolute Gasteiger partial charge is 0.326 e. The number of anilines is 1. The summed E-state index contributed by atoms with van der Waals surface area (Å²) in [6.07, 6.45) is 2.71. The van der Waals surface area contributed by atoms with Crippen molar-refractivity contribution in [1.29, 1.82) is 0 Å². The van der Waals surface area contributed by atoms with Crippen LogP contribution in [0.2, 0.25) is 0 Å². The molecule has 0 unspecified atom stereocenters. The van der Waals surface area contributed by atoms with Crippen molar-refractivity contribution in [1.82, 2.24) is 4.98 Å². The lowest BCUT2D eigenvalue weighted by molar-refractivity contribution is 0.599. The van der Waals surface area contributed by atoms with Gasteiger partial charge >= 0.3 is 0 Å². The van der Waals surface area contributed by atoms with E-state index in [0.29, 0.717) is 5.82 Å². The van der Waals surface area contributed by atoms with Gasteiger partial charge in [-0.3, -0.25) is 4.31 Å². The van der Waals surface area contributed by atoms with Gasteiger partial charge in [0.1, 0.15) is 5.82 Å². The van der Waals surface area contributed by atoms with Crippen molar-refractivity contribution in [3.63, 3.8) is 0 Å². The average Bonchev–Trinajstić information content (AvgIpc) is 2.14. The number of hydrogen-bond donors (Lipinski definition) is 1. The van der Waals surface area contributed by atoms with Gasteiger partial charge in [-0.2, -0.15) is 0 Å². The third kappa shape index (κ3) is 2.45.